The standard InChI is InChI=1S/C15H16N4O2S/c1-10-9-22-15(16-10)19-14(13(8-20)17-18-19)7-11-3-5-12(21-2)6-4-11/h3-6,9,20H,7-8H2,1-2H3. The number of hydrogen-bond acceptors (Lipinski definition) is 6. The van der Waals surface area contributed by atoms with Crippen molar-refractivity contribution in [1.82, 2.24) is 20.0 Å². The van der Waals surface area contributed by atoms with Crippen molar-refractivity contribution in [2.75, 3.05) is 7.11 Å². The van der Waals surface area contributed by atoms with Gasteiger partial charge in [0.1, 0.15) is 11.4 Å². The van der Waals surface area contributed by atoms with Crippen LogP contribution in [-0.4, -0.2) is 32.2 Å². The van der Waals surface area contributed by atoms with Crippen molar-refractivity contribution in [2.24, 2.45) is 0 Å². The quantitative estimate of drug-likeness (QED) is 0.780. The number of aliphatic hydroxyl groups excluding tert-OH is 1. The second kappa shape index (κ2) is 6.25. The summed E-state index contributed by atoms with van der Waals surface area (Å²) in [6, 6.07) is 7.81. The summed E-state index contributed by atoms with van der Waals surface area (Å²) in [5.74, 6) is 0.813. The van der Waals surface area contributed by atoms with Crippen LogP contribution in [0.3, 0.4) is 0 Å². The van der Waals surface area contributed by atoms with Crippen LogP contribution in [0.25, 0.3) is 5.13 Å². The largest absolute Gasteiger partial charge is 0.497 e. The van der Waals surface area contributed by atoms with Gasteiger partial charge in [-0.25, -0.2) is 4.98 Å². The van der Waals surface area contributed by atoms with Gasteiger partial charge in [0, 0.05) is 11.8 Å². The lowest BCUT2D eigenvalue weighted by Gasteiger charge is -2.06. The average Bonchev–Trinajstić information content (AvgIpc) is 3.14. The maximum absolute atomic E-state index is 9.49. The van der Waals surface area contributed by atoms with E-state index < -0.39 is 0 Å². The van der Waals surface area contributed by atoms with E-state index >= 15 is 0 Å². The fourth-order valence-corrected chi connectivity index (χ4v) is 2.93. The summed E-state index contributed by atoms with van der Waals surface area (Å²) < 4.78 is 6.87. The first-order chi connectivity index (χ1) is 10.7. The summed E-state index contributed by atoms with van der Waals surface area (Å²) in [6.07, 6.45) is 0.617. The number of methoxy groups -OCH3 is 1. The average molecular weight is 316 g/mol. The van der Waals surface area contributed by atoms with Gasteiger partial charge in [0.2, 0.25) is 5.13 Å². The molecule has 6 nitrogen and oxygen atoms in total. The van der Waals surface area contributed by atoms with Gasteiger partial charge in [-0.3, -0.25) is 0 Å². The van der Waals surface area contributed by atoms with E-state index in [-0.39, 0.29) is 6.61 Å². The summed E-state index contributed by atoms with van der Waals surface area (Å²) in [7, 11) is 1.64. The first-order valence-electron chi connectivity index (χ1n) is 6.81. The van der Waals surface area contributed by atoms with Crippen LogP contribution in [0.2, 0.25) is 0 Å². The molecule has 3 aromatic rings. The molecule has 0 aliphatic carbocycles. The number of benzene rings is 1. The van der Waals surface area contributed by atoms with Gasteiger partial charge in [-0.1, -0.05) is 17.3 Å². The number of aliphatic hydroxyl groups is 1. The predicted octanol–water partition coefficient (Wildman–Crippen LogP) is 2.12. The summed E-state index contributed by atoms with van der Waals surface area (Å²) in [6.45, 7) is 1.79. The van der Waals surface area contributed by atoms with Crippen LogP contribution in [-0.2, 0) is 13.0 Å². The highest BCUT2D eigenvalue weighted by molar-refractivity contribution is 7.12. The van der Waals surface area contributed by atoms with Crippen molar-refractivity contribution in [3.8, 4) is 10.9 Å². The zero-order valence-corrected chi connectivity index (χ0v) is 13.2. The topological polar surface area (TPSA) is 73.1 Å². The Balaban J connectivity index is 1.95. The van der Waals surface area contributed by atoms with Crippen molar-refractivity contribution < 1.29 is 9.84 Å². The van der Waals surface area contributed by atoms with Crippen molar-refractivity contribution in [3.63, 3.8) is 0 Å². The molecule has 0 aliphatic heterocycles. The Morgan fingerprint density at radius 1 is 1.27 bits per heavy atom. The van der Waals surface area contributed by atoms with E-state index in [0.29, 0.717) is 12.1 Å². The second-order valence-electron chi connectivity index (χ2n) is 4.85. The van der Waals surface area contributed by atoms with Crippen LogP contribution in [0, 0.1) is 6.92 Å². The third-order valence-electron chi connectivity index (χ3n) is 3.31. The SMILES string of the molecule is COc1ccc(Cc2c(CO)nnn2-c2nc(C)cs2)cc1. The monoisotopic (exact) mass is 316 g/mol. The molecule has 7 heteroatoms. The molecule has 2 aromatic heterocycles. The molecule has 1 N–H and O–H groups in total. The lowest BCUT2D eigenvalue weighted by atomic mass is 10.1. The lowest BCUT2D eigenvalue weighted by molar-refractivity contribution is 0.275. The molecule has 0 saturated carbocycles. The fourth-order valence-electron chi connectivity index (χ4n) is 2.16. The summed E-state index contributed by atoms with van der Waals surface area (Å²) in [5, 5.41) is 20.4. The molecule has 0 radical (unpaired) electrons. The first kappa shape index (κ1) is 14.7. The van der Waals surface area contributed by atoms with Gasteiger partial charge >= 0.3 is 0 Å². The molecule has 0 bridgehead atoms. The van der Waals surface area contributed by atoms with E-state index in [1.165, 1.54) is 11.3 Å². The Labute approximate surface area is 132 Å². The first-order valence-corrected chi connectivity index (χ1v) is 7.69. The maximum Gasteiger partial charge on any atom is 0.212 e. The molecule has 0 fully saturated rings. The van der Waals surface area contributed by atoms with Crippen molar-refractivity contribution in [2.45, 2.75) is 20.0 Å². The Kier molecular flexibility index (Phi) is 4.17. The molecule has 1 aromatic carbocycles. The van der Waals surface area contributed by atoms with Crippen LogP contribution in [0.5, 0.6) is 5.75 Å². The summed E-state index contributed by atoms with van der Waals surface area (Å²) in [5.41, 5.74) is 3.45. The van der Waals surface area contributed by atoms with E-state index in [1.54, 1.807) is 11.8 Å². The van der Waals surface area contributed by atoms with Crippen LogP contribution < -0.4 is 4.74 Å². The van der Waals surface area contributed by atoms with Gasteiger partial charge in [0.05, 0.1) is 25.1 Å². The lowest BCUT2D eigenvalue weighted by Crippen LogP contribution is -2.05. The van der Waals surface area contributed by atoms with Gasteiger partial charge in [0.25, 0.3) is 0 Å². The minimum absolute atomic E-state index is 0.143. The van der Waals surface area contributed by atoms with Crippen LogP contribution in [0.15, 0.2) is 29.6 Å². The number of nitrogens with zero attached hydrogens (tertiary/aromatic N) is 4. The predicted molar refractivity (Wildman–Crippen MR) is 83.5 cm³/mol. The van der Waals surface area contributed by atoms with Gasteiger partial charge < -0.3 is 9.84 Å². The third kappa shape index (κ3) is 2.86. The molecular weight excluding hydrogens is 300 g/mol. The maximum atomic E-state index is 9.49. The van der Waals surface area contributed by atoms with E-state index in [1.807, 2.05) is 36.6 Å². The smallest absolute Gasteiger partial charge is 0.212 e. The zero-order valence-electron chi connectivity index (χ0n) is 12.4. The van der Waals surface area contributed by atoms with Crippen molar-refractivity contribution in [1.29, 1.82) is 0 Å². The minimum Gasteiger partial charge on any atom is -0.497 e. The van der Waals surface area contributed by atoms with Crippen LogP contribution in [0.1, 0.15) is 22.6 Å². The molecule has 0 saturated heterocycles. The number of aryl methyl sites for hydroxylation is 1. The third-order valence-corrected chi connectivity index (χ3v) is 4.25. The highest BCUT2D eigenvalue weighted by Gasteiger charge is 2.16. The van der Waals surface area contributed by atoms with Crippen LogP contribution in [0.4, 0.5) is 0 Å². The minimum atomic E-state index is -0.143. The Morgan fingerprint density at radius 2 is 2.05 bits per heavy atom. The Morgan fingerprint density at radius 3 is 2.64 bits per heavy atom. The van der Waals surface area contributed by atoms with Crippen LogP contribution >= 0.6 is 11.3 Å². The number of rotatable bonds is 5. The van der Waals surface area contributed by atoms with Gasteiger partial charge in [-0.15, -0.1) is 16.4 Å². The number of hydrogen-bond donors (Lipinski definition) is 1. The molecule has 2 heterocycles. The Bertz CT molecular complexity index is 764. The van der Waals surface area contributed by atoms with Crippen molar-refractivity contribution >= 4 is 11.3 Å². The number of aromatic nitrogens is 4. The fraction of sp³-hybridized carbons (Fsp3) is 0.267. The van der Waals surface area contributed by atoms with E-state index in [0.717, 1.165) is 27.8 Å². The number of thiazole rings is 1. The molecule has 0 aliphatic rings. The van der Waals surface area contributed by atoms with Gasteiger partial charge in [-0.05, 0) is 24.6 Å². The van der Waals surface area contributed by atoms with E-state index in [2.05, 4.69) is 15.3 Å². The summed E-state index contributed by atoms with van der Waals surface area (Å²) >= 11 is 1.50. The van der Waals surface area contributed by atoms with E-state index in [4.69, 9.17) is 4.74 Å². The normalized spacial score (nSPS) is 10.9. The highest BCUT2D eigenvalue weighted by atomic mass is 32.1. The highest BCUT2D eigenvalue weighted by Crippen LogP contribution is 2.21. The molecule has 0 amide bonds. The molecule has 0 atom stereocenters. The summed E-state index contributed by atoms with van der Waals surface area (Å²) in [4.78, 5) is 4.44. The van der Waals surface area contributed by atoms with Crippen molar-refractivity contribution in [3.05, 3.63) is 52.3 Å². The molecule has 0 spiro atoms. The Hall–Kier alpha value is -2.25. The number of ether oxygens (including phenoxy) is 1. The zero-order chi connectivity index (χ0) is 15.5. The molecular formula is C15H16N4O2S. The molecule has 22 heavy (non-hydrogen) atoms. The van der Waals surface area contributed by atoms with E-state index in [9.17, 15) is 5.11 Å². The molecule has 114 valence electrons. The van der Waals surface area contributed by atoms with Gasteiger partial charge in [0.15, 0.2) is 0 Å². The molecule has 3 rings (SSSR count). The van der Waals surface area contributed by atoms with Gasteiger partial charge in [-0.2, -0.15) is 4.68 Å². The molecule has 0 unspecified atom stereocenters. The second-order valence-corrected chi connectivity index (χ2v) is 5.69.